The molecule has 0 aromatic heterocycles. The van der Waals surface area contributed by atoms with Crippen molar-refractivity contribution in [2.45, 2.75) is 13.0 Å². The number of nitrogens with zero attached hydrogens (tertiary/aromatic N) is 2. The third-order valence-electron chi connectivity index (χ3n) is 4.96. The number of rotatable bonds is 9. The summed E-state index contributed by atoms with van der Waals surface area (Å²) >= 11 is 6.04. The van der Waals surface area contributed by atoms with Crippen molar-refractivity contribution < 1.29 is 9.47 Å². The molecule has 2 aromatic carbocycles. The maximum absolute atomic E-state index is 6.04. The van der Waals surface area contributed by atoms with Gasteiger partial charge in [0.1, 0.15) is 12.4 Å². The van der Waals surface area contributed by atoms with Gasteiger partial charge in [-0.05, 0) is 41.8 Å². The Morgan fingerprint density at radius 3 is 2.70 bits per heavy atom. The Hall–Kier alpha value is -2.28. The minimum Gasteiger partial charge on any atom is -0.492 e. The van der Waals surface area contributed by atoms with E-state index < -0.39 is 0 Å². The van der Waals surface area contributed by atoms with Crippen molar-refractivity contribution in [2.75, 3.05) is 53.0 Å². The first-order chi connectivity index (χ1) is 14.7. The van der Waals surface area contributed by atoms with Gasteiger partial charge in [-0.2, -0.15) is 0 Å². The maximum atomic E-state index is 6.04. The number of morpholine rings is 1. The molecule has 1 fully saturated rings. The summed E-state index contributed by atoms with van der Waals surface area (Å²) in [6.07, 6.45) is 0.883. The summed E-state index contributed by atoms with van der Waals surface area (Å²) < 4.78 is 11.3. The van der Waals surface area contributed by atoms with E-state index >= 15 is 0 Å². The fraction of sp³-hybridized carbons (Fsp3) is 0.435. The van der Waals surface area contributed by atoms with Gasteiger partial charge < -0.3 is 20.1 Å². The molecule has 1 aliphatic heterocycles. The van der Waals surface area contributed by atoms with Crippen molar-refractivity contribution in [2.24, 2.45) is 4.99 Å². The summed E-state index contributed by atoms with van der Waals surface area (Å²) in [5.41, 5.74) is 2.35. The third-order valence-corrected chi connectivity index (χ3v) is 5.19. The molecule has 1 heterocycles. The van der Waals surface area contributed by atoms with Crippen LogP contribution in [0.3, 0.4) is 0 Å². The van der Waals surface area contributed by atoms with E-state index in [1.54, 1.807) is 7.05 Å². The number of guanidine groups is 1. The van der Waals surface area contributed by atoms with Crippen LogP contribution in [0.4, 0.5) is 0 Å². The molecule has 0 atom stereocenters. The van der Waals surface area contributed by atoms with E-state index in [9.17, 15) is 0 Å². The van der Waals surface area contributed by atoms with Gasteiger partial charge in [-0.1, -0.05) is 35.9 Å². The van der Waals surface area contributed by atoms with E-state index in [0.29, 0.717) is 13.2 Å². The van der Waals surface area contributed by atoms with Crippen LogP contribution in [0.15, 0.2) is 53.5 Å². The van der Waals surface area contributed by atoms with Gasteiger partial charge in [-0.3, -0.25) is 9.89 Å². The number of hydrogen-bond acceptors (Lipinski definition) is 4. The zero-order chi connectivity index (χ0) is 21.0. The summed E-state index contributed by atoms with van der Waals surface area (Å²) in [5.74, 6) is 1.67. The minimum absolute atomic E-state index is 0.678. The summed E-state index contributed by atoms with van der Waals surface area (Å²) in [6, 6.07) is 16.1. The van der Waals surface area contributed by atoms with Crippen molar-refractivity contribution in [1.29, 1.82) is 0 Å². The van der Waals surface area contributed by atoms with Crippen molar-refractivity contribution in [3.63, 3.8) is 0 Å². The molecule has 7 heteroatoms. The molecule has 2 aromatic rings. The van der Waals surface area contributed by atoms with Gasteiger partial charge >= 0.3 is 0 Å². The van der Waals surface area contributed by atoms with Crippen LogP contribution >= 0.6 is 11.6 Å². The molecule has 0 saturated carbocycles. The van der Waals surface area contributed by atoms with Crippen molar-refractivity contribution in [3.8, 4) is 5.75 Å². The summed E-state index contributed by atoms with van der Waals surface area (Å²) in [5, 5.41) is 7.46. The van der Waals surface area contributed by atoms with E-state index in [1.165, 1.54) is 5.56 Å². The Balaban J connectivity index is 1.38. The first-order valence-corrected chi connectivity index (χ1v) is 10.8. The van der Waals surface area contributed by atoms with Crippen molar-refractivity contribution >= 4 is 17.6 Å². The molecule has 6 nitrogen and oxygen atoms in total. The van der Waals surface area contributed by atoms with Gasteiger partial charge in [0, 0.05) is 44.8 Å². The molecular formula is C23H31ClN4O2. The fourth-order valence-electron chi connectivity index (χ4n) is 3.29. The SMILES string of the molecule is CN=C(NCCc1cccc(Cl)c1)NCc1cccc(OCCN2CCOCC2)c1. The lowest BCUT2D eigenvalue weighted by molar-refractivity contribution is 0.0322. The average Bonchev–Trinajstić information content (AvgIpc) is 2.77. The summed E-state index contributed by atoms with van der Waals surface area (Å²) in [4.78, 5) is 6.67. The smallest absolute Gasteiger partial charge is 0.191 e. The van der Waals surface area contributed by atoms with Gasteiger partial charge in [-0.25, -0.2) is 0 Å². The lowest BCUT2D eigenvalue weighted by atomic mass is 10.1. The second-order valence-corrected chi connectivity index (χ2v) is 7.62. The molecule has 162 valence electrons. The molecule has 0 unspecified atom stereocenters. The predicted molar refractivity (Wildman–Crippen MR) is 123 cm³/mol. The number of hydrogen-bond donors (Lipinski definition) is 2. The Morgan fingerprint density at radius 2 is 1.90 bits per heavy atom. The molecule has 0 bridgehead atoms. The van der Waals surface area contributed by atoms with Gasteiger partial charge in [0.05, 0.1) is 13.2 Å². The minimum atomic E-state index is 0.678. The van der Waals surface area contributed by atoms with Gasteiger partial charge in [0.15, 0.2) is 5.96 Å². The maximum Gasteiger partial charge on any atom is 0.191 e. The molecule has 0 amide bonds. The van der Waals surface area contributed by atoms with Crippen molar-refractivity contribution in [3.05, 3.63) is 64.7 Å². The van der Waals surface area contributed by atoms with Crippen molar-refractivity contribution in [1.82, 2.24) is 15.5 Å². The second kappa shape index (κ2) is 12.4. The van der Waals surface area contributed by atoms with Crippen LogP contribution in [-0.4, -0.2) is 63.9 Å². The van der Waals surface area contributed by atoms with Gasteiger partial charge in [-0.15, -0.1) is 0 Å². The second-order valence-electron chi connectivity index (χ2n) is 7.18. The van der Waals surface area contributed by atoms with Gasteiger partial charge in [0.2, 0.25) is 0 Å². The van der Waals surface area contributed by atoms with Crippen LogP contribution in [0.2, 0.25) is 5.02 Å². The van der Waals surface area contributed by atoms with E-state index in [4.69, 9.17) is 21.1 Å². The molecule has 1 saturated heterocycles. The molecule has 2 N–H and O–H groups in total. The highest BCUT2D eigenvalue weighted by Gasteiger charge is 2.09. The lowest BCUT2D eigenvalue weighted by Crippen LogP contribution is -2.38. The van der Waals surface area contributed by atoms with Crippen LogP contribution in [-0.2, 0) is 17.7 Å². The molecule has 0 radical (unpaired) electrons. The Labute approximate surface area is 184 Å². The summed E-state index contributed by atoms with van der Waals surface area (Å²) in [7, 11) is 1.78. The molecule has 0 aliphatic carbocycles. The largest absolute Gasteiger partial charge is 0.492 e. The zero-order valence-electron chi connectivity index (χ0n) is 17.6. The van der Waals surface area contributed by atoms with Crippen LogP contribution in [0.1, 0.15) is 11.1 Å². The Kier molecular flexibility index (Phi) is 9.28. The van der Waals surface area contributed by atoms with Gasteiger partial charge in [0.25, 0.3) is 0 Å². The van der Waals surface area contributed by atoms with Crippen LogP contribution < -0.4 is 15.4 Å². The molecule has 3 rings (SSSR count). The number of halogens is 1. The topological polar surface area (TPSA) is 58.1 Å². The standard InChI is InChI=1S/C23H31ClN4O2/c1-25-23(26-9-8-19-4-2-6-21(24)16-19)27-18-20-5-3-7-22(17-20)30-15-12-28-10-13-29-14-11-28/h2-7,16-17H,8-15,18H2,1H3,(H2,25,26,27). The fourth-order valence-corrected chi connectivity index (χ4v) is 3.50. The molecule has 30 heavy (non-hydrogen) atoms. The average molecular weight is 431 g/mol. The van der Waals surface area contributed by atoms with E-state index in [-0.39, 0.29) is 0 Å². The lowest BCUT2D eigenvalue weighted by Gasteiger charge is -2.26. The monoisotopic (exact) mass is 430 g/mol. The normalized spacial score (nSPS) is 15.1. The van der Waals surface area contributed by atoms with E-state index in [2.05, 4.69) is 38.7 Å². The van der Waals surface area contributed by atoms with Crippen LogP contribution in [0.5, 0.6) is 5.75 Å². The summed E-state index contributed by atoms with van der Waals surface area (Å²) in [6.45, 7) is 6.67. The van der Waals surface area contributed by atoms with Crippen LogP contribution in [0, 0.1) is 0 Å². The molecular weight excluding hydrogens is 400 g/mol. The highest BCUT2D eigenvalue weighted by Crippen LogP contribution is 2.13. The number of benzene rings is 2. The number of aliphatic imine (C=N–C) groups is 1. The highest BCUT2D eigenvalue weighted by molar-refractivity contribution is 6.30. The molecule has 0 spiro atoms. The predicted octanol–water partition coefficient (Wildman–Crippen LogP) is 2.96. The number of ether oxygens (including phenoxy) is 2. The molecule has 1 aliphatic rings. The zero-order valence-corrected chi connectivity index (χ0v) is 18.3. The first kappa shape index (κ1) is 22.4. The van der Waals surface area contributed by atoms with E-state index in [0.717, 1.165) is 68.1 Å². The Bertz CT molecular complexity index is 809. The Morgan fingerprint density at radius 1 is 1.10 bits per heavy atom. The van der Waals surface area contributed by atoms with Crippen LogP contribution in [0.25, 0.3) is 0 Å². The quantitative estimate of drug-likeness (QED) is 0.473. The third kappa shape index (κ3) is 7.86. The first-order valence-electron chi connectivity index (χ1n) is 10.4. The highest BCUT2D eigenvalue weighted by atomic mass is 35.5. The van der Waals surface area contributed by atoms with E-state index in [1.807, 2.05) is 30.3 Å². The number of nitrogens with one attached hydrogen (secondary N) is 2.